The number of benzene rings is 1. The molecule has 1 heterocycles. The molecule has 1 aromatic carbocycles. The lowest BCUT2D eigenvalue weighted by Crippen LogP contribution is -2.41. The summed E-state index contributed by atoms with van der Waals surface area (Å²) in [6, 6.07) is 9.31. The molecule has 1 aromatic heterocycles. The zero-order valence-electron chi connectivity index (χ0n) is 11.9. The molecule has 0 atom stereocenters. The highest BCUT2D eigenvalue weighted by Crippen LogP contribution is 2.16. The Bertz CT molecular complexity index is 700. The average Bonchev–Trinajstić information content (AvgIpc) is 3.04. The number of carbonyl (C=O) groups is 3. The van der Waals surface area contributed by atoms with Crippen molar-refractivity contribution in [3.05, 3.63) is 58.5 Å². The lowest BCUT2D eigenvalue weighted by molar-refractivity contribution is -0.123. The van der Waals surface area contributed by atoms with Crippen molar-refractivity contribution >= 4 is 33.8 Å². The molecule has 23 heavy (non-hydrogen) atoms. The summed E-state index contributed by atoms with van der Waals surface area (Å²) in [6.45, 7) is -0.419. The molecule has 0 radical (unpaired) electrons. The molecule has 0 spiro atoms. The quantitative estimate of drug-likeness (QED) is 0.775. The summed E-state index contributed by atoms with van der Waals surface area (Å²) in [5.41, 5.74) is 0.294. The van der Waals surface area contributed by atoms with Gasteiger partial charge in [-0.05, 0) is 40.2 Å². The Morgan fingerprint density at radius 3 is 2.61 bits per heavy atom. The second-order valence-corrected chi connectivity index (χ2v) is 5.22. The standard InChI is InChI=1S/C15H13BrN2O5/c16-12-6-2-1-5-11(12)14(20)23-9-13(19)18-15(21)17-8-10-4-3-7-22-10/h1-7H,8-9H2,(H2,17,18,19,21). The van der Waals surface area contributed by atoms with Gasteiger partial charge >= 0.3 is 12.0 Å². The van der Waals surface area contributed by atoms with E-state index in [2.05, 4.69) is 21.2 Å². The van der Waals surface area contributed by atoms with Gasteiger partial charge in [-0.15, -0.1) is 0 Å². The van der Waals surface area contributed by atoms with E-state index >= 15 is 0 Å². The highest BCUT2D eigenvalue weighted by molar-refractivity contribution is 9.10. The largest absolute Gasteiger partial charge is 0.467 e. The lowest BCUT2D eigenvalue weighted by atomic mass is 10.2. The number of hydrogen-bond donors (Lipinski definition) is 2. The number of hydrogen-bond acceptors (Lipinski definition) is 5. The van der Waals surface area contributed by atoms with E-state index in [0.29, 0.717) is 15.8 Å². The van der Waals surface area contributed by atoms with E-state index < -0.39 is 24.5 Å². The van der Waals surface area contributed by atoms with Crippen molar-refractivity contribution in [2.45, 2.75) is 6.54 Å². The van der Waals surface area contributed by atoms with Gasteiger partial charge in [-0.3, -0.25) is 10.1 Å². The van der Waals surface area contributed by atoms with Gasteiger partial charge in [0.25, 0.3) is 5.91 Å². The van der Waals surface area contributed by atoms with E-state index in [-0.39, 0.29) is 6.54 Å². The molecule has 0 aliphatic rings. The fourth-order valence-corrected chi connectivity index (χ4v) is 2.07. The number of carbonyl (C=O) groups excluding carboxylic acids is 3. The van der Waals surface area contributed by atoms with Gasteiger partial charge in [0, 0.05) is 4.47 Å². The predicted molar refractivity (Wildman–Crippen MR) is 83.5 cm³/mol. The lowest BCUT2D eigenvalue weighted by Gasteiger charge is -2.07. The average molecular weight is 381 g/mol. The first-order valence-corrected chi connectivity index (χ1v) is 7.37. The van der Waals surface area contributed by atoms with Gasteiger partial charge in [-0.25, -0.2) is 9.59 Å². The minimum absolute atomic E-state index is 0.142. The smallest absolute Gasteiger partial charge is 0.339 e. The number of urea groups is 1. The molecule has 8 heteroatoms. The van der Waals surface area contributed by atoms with Crippen LogP contribution in [-0.2, 0) is 16.1 Å². The van der Waals surface area contributed by atoms with Crippen LogP contribution in [0.3, 0.4) is 0 Å². The molecule has 0 saturated heterocycles. The summed E-state index contributed by atoms with van der Waals surface area (Å²) < 4.78 is 10.4. The third-order valence-corrected chi connectivity index (χ3v) is 3.38. The van der Waals surface area contributed by atoms with E-state index in [9.17, 15) is 14.4 Å². The highest BCUT2D eigenvalue weighted by Gasteiger charge is 2.14. The Morgan fingerprint density at radius 2 is 1.91 bits per heavy atom. The first kappa shape index (κ1) is 16.8. The monoisotopic (exact) mass is 380 g/mol. The summed E-state index contributed by atoms with van der Waals surface area (Å²) in [6.07, 6.45) is 1.47. The summed E-state index contributed by atoms with van der Waals surface area (Å²) in [7, 11) is 0. The van der Waals surface area contributed by atoms with Gasteiger partial charge in [0.15, 0.2) is 6.61 Å². The van der Waals surface area contributed by atoms with Crippen molar-refractivity contribution in [2.75, 3.05) is 6.61 Å². The molecule has 0 aliphatic heterocycles. The SMILES string of the molecule is O=C(COC(=O)c1ccccc1Br)NC(=O)NCc1ccco1. The third kappa shape index (κ3) is 5.26. The van der Waals surface area contributed by atoms with Crippen LogP contribution in [0.4, 0.5) is 4.79 Å². The van der Waals surface area contributed by atoms with Gasteiger partial charge in [-0.1, -0.05) is 12.1 Å². The third-order valence-electron chi connectivity index (χ3n) is 2.68. The maximum absolute atomic E-state index is 11.8. The van der Waals surface area contributed by atoms with Gasteiger partial charge in [-0.2, -0.15) is 0 Å². The number of halogens is 1. The Balaban J connectivity index is 1.73. The van der Waals surface area contributed by atoms with E-state index in [1.165, 1.54) is 6.26 Å². The van der Waals surface area contributed by atoms with Crippen LogP contribution in [0.15, 0.2) is 51.6 Å². The van der Waals surface area contributed by atoms with Crippen molar-refractivity contribution in [3.8, 4) is 0 Å². The molecule has 7 nitrogen and oxygen atoms in total. The Labute approximate surface area is 140 Å². The maximum atomic E-state index is 11.8. The maximum Gasteiger partial charge on any atom is 0.339 e. The summed E-state index contributed by atoms with van der Waals surface area (Å²) in [4.78, 5) is 34.8. The number of furan rings is 1. The van der Waals surface area contributed by atoms with Gasteiger partial charge < -0.3 is 14.5 Å². The molecule has 0 fully saturated rings. The van der Waals surface area contributed by atoms with Crippen LogP contribution in [0, 0.1) is 0 Å². The van der Waals surface area contributed by atoms with Crippen LogP contribution >= 0.6 is 15.9 Å². The number of esters is 1. The predicted octanol–water partition coefficient (Wildman–Crippen LogP) is 2.22. The summed E-state index contributed by atoms with van der Waals surface area (Å²) >= 11 is 3.21. The molecule has 0 saturated carbocycles. The van der Waals surface area contributed by atoms with Crippen molar-refractivity contribution in [1.29, 1.82) is 0 Å². The molecule has 2 N–H and O–H groups in total. The zero-order chi connectivity index (χ0) is 16.7. The Hall–Kier alpha value is -2.61. The van der Waals surface area contributed by atoms with Crippen LogP contribution in [0.5, 0.6) is 0 Å². The molecule has 0 unspecified atom stereocenters. The van der Waals surface area contributed by atoms with E-state index in [0.717, 1.165) is 0 Å². The van der Waals surface area contributed by atoms with E-state index in [4.69, 9.17) is 9.15 Å². The second kappa shape index (κ2) is 8.14. The second-order valence-electron chi connectivity index (χ2n) is 4.37. The van der Waals surface area contributed by atoms with Crippen LogP contribution in [0.1, 0.15) is 16.1 Å². The highest BCUT2D eigenvalue weighted by atomic mass is 79.9. The Kier molecular flexibility index (Phi) is 5.93. The minimum Gasteiger partial charge on any atom is -0.467 e. The molecule has 120 valence electrons. The Morgan fingerprint density at radius 1 is 1.13 bits per heavy atom. The number of amides is 3. The topological polar surface area (TPSA) is 97.6 Å². The van der Waals surface area contributed by atoms with Crippen LogP contribution in [0.2, 0.25) is 0 Å². The first-order valence-electron chi connectivity index (χ1n) is 6.58. The molecular formula is C15H13BrN2O5. The number of imide groups is 1. The molecule has 3 amide bonds. The van der Waals surface area contributed by atoms with Gasteiger partial charge in [0.1, 0.15) is 5.76 Å². The summed E-state index contributed by atoms with van der Waals surface area (Å²) in [5.74, 6) is -0.848. The number of rotatable bonds is 5. The van der Waals surface area contributed by atoms with Crippen LogP contribution in [-0.4, -0.2) is 24.5 Å². The van der Waals surface area contributed by atoms with Gasteiger partial charge in [0.05, 0.1) is 18.4 Å². The number of ether oxygens (including phenoxy) is 1. The van der Waals surface area contributed by atoms with E-state index in [1.807, 2.05) is 5.32 Å². The molecule has 2 aromatic rings. The fraction of sp³-hybridized carbons (Fsp3) is 0.133. The van der Waals surface area contributed by atoms with Gasteiger partial charge in [0.2, 0.25) is 0 Å². The van der Waals surface area contributed by atoms with Crippen molar-refractivity contribution in [1.82, 2.24) is 10.6 Å². The number of nitrogens with one attached hydrogen (secondary N) is 2. The van der Waals surface area contributed by atoms with Crippen LogP contribution < -0.4 is 10.6 Å². The van der Waals surface area contributed by atoms with Crippen molar-refractivity contribution < 1.29 is 23.5 Å². The fourth-order valence-electron chi connectivity index (χ4n) is 1.62. The van der Waals surface area contributed by atoms with E-state index in [1.54, 1.807) is 36.4 Å². The normalized spacial score (nSPS) is 9.96. The zero-order valence-corrected chi connectivity index (χ0v) is 13.5. The van der Waals surface area contributed by atoms with Crippen molar-refractivity contribution in [2.24, 2.45) is 0 Å². The molecule has 2 rings (SSSR count). The van der Waals surface area contributed by atoms with Crippen LogP contribution in [0.25, 0.3) is 0 Å². The first-order chi connectivity index (χ1) is 11.1. The molecular weight excluding hydrogens is 368 g/mol. The molecule has 0 bridgehead atoms. The van der Waals surface area contributed by atoms with Crippen molar-refractivity contribution in [3.63, 3.8) is 0 Å². The summed E-state index contributed by atoms with van der Waals surface area (Å²) in [5, 5.41) is 4.48. The molecule has 0 aliphatic carbocycles. The minimum atomic E-state index is -0.734.